The van der Waals surface area contributed by atoms with Gasteiger partial charge < -0.3 is 11.1 Å². The summed E-state index contributed by atoms with van der Waals surface area (Å²) in [4.78, 5) is 2.43. The summed E-state index contributed by atoms with van der Waals surface area (Å²) in [6.45, 7) is 10.6. The Morgan fingerprint density at radius 1 is 1.15 bits per heavy atom. The van der Waals surface area contributed by atoms with Gasteiger partial charge in [-0.05, 0) is 50.1 Å². The molecule has 0 amide bonds. The summed E-state index contributed by atoms with van der Waals surface area (Å²) in [7, 11) is 0. The van der Waals surface area contributed by atoms with Crippen molar-refractivity contribution in [2.45, 2.75) is 39.8 Å². The quantitative estimate of drug-likeness (QED) is 0.789. The summed E-state index contributed by atoms with van der Waals surface area (Å²) in [5.41, 5.74) is 8.61. The van der Waals surface area contributed by atoms with Crippen LogP contribution in [0, 0.1) is 0 Å². The predicted molar refractivity (Wildman–Crippen MR) is 81.7 cm³/mol. The highest BCUT2D eigenvalue weighted by Gasteiger charge is 2.13. The Morgan fingerprint density at radius 2 is 1.80 bits per heavy atom. The minimum absolute atomic E-state index is 0.525. The number of hydrogen-bond donors (Lipinski definition) is 2. The van der Waals surface area contributed by atoms with Crippen LogP contribution in [0.4, 0.5) is 11.4 Å². The minimum atomic E-state index is 0.525. The largest absolute Gasteiger partial charge is 0.397 e. The minimum Gasteiger partial charge on any atom is -0.397 e. The van der Waals surface area contributed by atoms with E-state index < -0.39 is 0 Å². The second-order valence-electron chi connectivity index (χ2n) is 5.52. The van der Waals surface area contributed by atoms with Gasteiger partial charge in [-0.25, -0.2) is 4.63 Å². The standard InChI is InChI=1S/C14H23N5O/c1-9(2)19(10(3)4)8-7-16-12-6-5-11(15)13-14(12)18-20-17-13/h5-6,9-10,16H,7-8,15H2,1-4H3. The SMILES string of the molecule is CC(C)N(CCNc1ccc(N)c2nonc12)C(C)C. The Hall–Kier alpha value is -1.82. The van der Waals surface area contributed by atoms with Crippen molar-refractivity contribution in [2.75, 3.05) is 24.1 Å². The van der Waals surface area contributed by atoms with Crippen LogP contribution in [0.15, 0.2) is 16.8 Å². The first kappa shape index (κ1) is 14.6. The number of fused-ring (bicyclic) bond motifs is 1. The predicted octanol–water partition coefficient (Wildman–Crippen LogP) is 2.34. The van der Waals surface area contributed by atoms with E-state index in [1.165, 1.54) is 0 Å². The van der Waals surface area contributed by atoms with Gasteiger partial charge in [0.15, 0.2) is 11.0 Å². The lowest BCUT2D eigenvalue weighted by Crippen LogP contribution is -2.40. The number of nitrogens with two attached hydrogens (primary N) is 1. The van der Waals surface area contributed by atoms with E-state index in [-0.39, 0.29) is 0 Å². The van der Waals surface area contributed by atoms with Gasteiger partial charge in [-0.3, -0.25) is 4.90 Å². The summed E-state index contributed by atoms with van der Waals surface area (Å²) < 4.78 is 4.76. The Morgan fingerprint density at radius 3 is 2.45 bits per heavy atom. The molecule has 0 bridgehead atoms. The fraction of sp³-hybridized carbons (Fsp3) is 0.571. The number of hydrogen-bond acceptors (Lipinski definition) is 6. The molecule has 0 saturated carbocycles. The molecule has 0 unspecified atom stereocenters. The van der Waals surface area contributed by atoms with Crippen molar-refractivity contribution in [1.82, 2.24) is 15.2 Å². The Kier molecular flexibility index (Phi) is 4.44. The normalized spacial score (nSPS) is 11.9. The maximum atomic E-state index is 5.83. The molecule has 110 valence electrons. The highest BCUT2D eigenvalue weighted by molar-refractivity contribution is 5.94. The first-order valence-electron chi connectivity index (χ1n) is 7.01. The molecule has 0 radical (unpaired) electrons. The third kappa shape index (κ3) is 3.01. The molecule has 6 nitrogen and oxygen atoms in total. The van der Waals surface area contributed by atoms with Crippen LogP contribution in [0.1, 0.15) is 27.7 Å². The van der Waals surface area contributed by atoms with Gasteiger partial charge in [0.2, 0.25) is 0 Å². The van der Waals surface area contributed by atoms with Gasteiger partial charge in [-0.15, -0.1) is 0 Å². The molecule has 2 aromatic rings. The third-order valence-electron chi connectivity index (χ3n) is 3.46. The highest BCUT2D eigenvalue weighted by Crippen LogP contribution is 2.24. The van der Waals surface area contributed by atoms with Crippen LogP contribution in [0.25, 0.3) is 11.0 Å². The second-order valence-corrected chi connectivity index (χ2v) is 5.52. The molecule has 0 aliphatic heterocycles. The van der Waals surface area contributed by atoms with Gasteiger partial charge in [0.25, 0.3) is 0 Å². The first-order chi connectivity index (χ1) is 9.50. The van der Waals surface area contributed by atoms with Gasteiger partial charge in [-0.1, -0.05) is 0 Å². The number of benzene rings is 1. The van der Waals surface area contributed by atoms with Crippen LogP contribution in [-0.2, 0) is 0 Å². The van der Waals surface area contributed by atoms with Crippen LogP contribution in [-0.4, -0.2) is 40.4 Å². The number of nitrogens with zero attached hydrogens (tertiary/aromatic N) is 3. The number of rotatable bonds is 6. The molecule has 0 saturated heterocycles. The zero-order valence-corrected chi connectivity index (χ0v) is 12.6. The Labute approximate surface area is 119 Å². The zero-order chi connectivity index (χ0) is 14.7. The van der Waals surface area contributed by atoms with Crippen molar-refractivity contribution < 1.29 is 4.63 Å². The molecule has 0 aliphatic rings. The summed E-state index contributed by atoms with van der Waals surface area (Å²) in [6.07, 6.45) is 0. The van der Waals surface area contributed by atoms with E-state index in [4.69, 9.17) is 10.4 Å². The zero-order valence-electron chi connectivity index (χ0n) is 12.6. The molecule has 6 heteroatoms. The van der Waals surface area contributed by atoms with Crippen molar-refractivity contribution in [2.24, 2.45) is 0 Å². The van der Waals surface area contributed by atoms with Gasteiger partial charge in [-0.2, -0.15) is 0 Å². The van der Waals surface area contributed by atoms with Gasteiger partial charge in [0.1, 0.15) is 0 Å². The molecule has 0 spiro atoms. The smallest absolute Gasteiger partial charge is 0.160 e. The van der Waals surface area contributed by atoms with E-state index in [0.717, 1.165) is 18.8 Å². The van der Waals surface area contributed by atoms with E-state index in [9.17, 15) is 0 Å². The maximum Gasteiger partial charge on any atom is 0.160 e. The van der Waals surface area contributed by atoms with Crippen LogP contribution in [0.5, 0.6) is 0 Å². The monoisotopic (exact) mass is 277 g/mol. The lowest BCUT2D eigenvalue weighted by molar-refractivity contribution is 0.182. The highest BCUT2D eigenvalue weighted by atomic mass is 16.6. The van der Waals surface area contributed by atoms with E-state index >= 15 is 0 Å². The Balaban J connectivity index is 2.03. The van der Waals surface area contributed by atoms with Crippen LogP contribution < -0.4 is 11.1 Å². The molecule has 20 heavy (non-hydrogen) atoms. The second kappa shape index (κ2) is 6.09. The summed E-state index contributed by atoms with van der Waals surface area (Å²) >= 11 is 0. The van der Waals surface area contributed by atoms with E-state index in [1.807, 2.05) is 12.1 Å². The van der Waals surface area contributed by atoms with Crippen molar-refractivity contribution >= 4 is 22.4 Å². The average Bonchev–Trinajstić information content (AvgIpc) is 2.86. The Bertz CT molecular complexity index is 556. The lowest BCUT2D eigenvalue weighted by Gasteiger charge is -2.30. The number of nitrogens with one attached hydrogen (secondary N) is 1. The topological polar surface area (TPSA) is 80.2 Å². The van der Waals surface area contributed by atoms with E-state index in [0.29, 0.717) is 28.8 Å². The van der Waals surface area contributed by atoms with Gasteiger partial charge >= 0.3 is 0 Å². The first-order valence-corrected chi connectivity index (χ1v) is 7.01. The maximum absolute atomic E-state index is 5.83. The molecule has 0 aliphatic carbocycles. The van der Waals surface area contributed by atoms with E-state index in [2.05, 4.69) is 48.2 Å². The average molecular weight is 277 g/mol. The van der Waals surface area contributed by atoms with Crippen LogP contribution in [0.2, 0.25) is 0 Å². The molecule has 2 rings (SSSR count). The van der Waals surface area contributed by atoms with Crippen molar-refractivity contribution in [3.8, 4) is 0 Å². The summed E-state index contributed by atoms with van der Waals surface area (Å²) in [5.74, 6) is 0. The van der Waals surface area contributed by atoms with Crippen molar-refractivity contribution in [3.63, 3.8) is 0 Å². The molecule has 1 aromatic carbocycles. The number of aromatic nitrogens is 2. The van der Waals surface area contributed by atoms with Gasteiger partial charge in [0, 0.05) is 25.2 Å². The fourth-order valence-electron chi connectivity index (χ4n) is 2.46. The molecule has 0 atom stereocenters. The van der Waals surface area contributed by atoms with Crippen LogP contribution >= 0.6 is 0 Å². The molecule has 1 heterocycles. The summed E-state index contributed by atoms with van der Waals surface area (Å²) in [5, 5.41) is 11.1. The van der Waals surface area contributed by atoms with Crippen molar-refractivity contribution in [3.05, 3.63) is 12.1 Å². The molecular weight excluding hydrogens is 254 g/mol. The summed E-state index contributed by atoms with van der Waals surface area (Å²) in [6, 6.07) is 4.78. The number of anilines is 2. The van der Waals surface area contributed by atoms with Crippen LogP contribution in [0.3, 0.4) is 0 Å². The van der Waals surface area contributed by atoms with Crippen molar-refractivity contribution in [1.29, 1.82) is 0 Å². The number of nitrogen functional groups attached to an aromatic ring is 1. The van der Waals surface area contributed by atoms with Gasteiger partial charge in [0.05, 0.1) is 11.4 Å². The third-order valence-corrected chi connectivity index (χ3v) is 3.46. The van der Waals surface area contributed by atoms with E-state index in [1.54, 1.807) is 0 Å². The molecule has 3 N–H and O–H groups in total. The molecule has 1 aromatic heterocycles. The fourth-order valence-corrected chi connectivity index (χ4v) is 2.46. The molecule has 0 fully saturated rings. The molecular formula is C14H23N5O. The lowest BCUT2D eigenvalue weighted by atomic mass is 10.2.